The van der Waals surface area contributed by atoms with Crippen molar-refractivity contribution in [3.05, 3.63) is 0 Å². The average molecular weight is 239 g/mol. The Morgan fingerprint density at radius 3 is 2.33 bits per heavy atom. The molecular formula is C9H19ClN2O3. The number of carbonyl (C=O) groups excluding carboxylic acids is 2. The van der Waals surface area contributed by atoms with Crippen molar-refractivity contribution >= 4 is 24.3 Å². The Labute approximate surface area is 96.1 Å². The third-order valence-electron chi connectivity index (χ3n) is 1.61. The fourth-order valence-electron chi connectivity index (χ4n) is 0.905. The predicted molar refractivity (Wildman–Crippen MR) is 59.8 cm³/mol. The van der Waals surface area contributed by atoms with Crippen molar-refractivity contribution in [1.29, 1.82) is 0 Å². The Morgan fingerprint density at radius 2 is 1.93 bits per heavy atom. The fraction of sp³-hybridized carbons (Fsp3) is 0.778. The SMILES string of the molecule is CCOC(=O)C(C)(C)NC(=O)CCN.Cl. The minimum Gasteiger partial charge on any atom is -0.464 e. The Bertz CT molecular complexity index is 219. The van der Waals surface area contributed by atoms with E-state index in [4.69, 9.17) is 10.5 Å². The highest BCUT2D eigenvalue weighted by molar-refractivity contribution is 5.87. The van der Waals surface area contributed by atoms with Gasteiger partial charge in [-0.15, -0.1) is 12.4 Å². The zero-order valence-corrected chi connectivity index (χ0v) is 10.1. The molecule has 0 unspecified atom stereocenters. The normalized spacial score (nSPS) is 10.1. The topological polar surface area (TPSA) is 81.4 Å². The van der Waals surface area contributed by atoms with Gasteiger partial charge in [0.2, 0.25) is 5.91 Å². The maximum atomic E-state index is 11.3. The number of halogens is 1. The van der Waals surface area contributed by atoms with Gasteiger partial charge in [-0.3, -0.25) is 4.79 Å². The largest absolute Gasteiger partial charge is 0.464 e. The molecule has 3 N–H and O–H groups in total. The van der Waals surface area contributed by atoms with E-state index in [0.29, 0.717) is 6.61 Å². The third kappa shape index (κ3) is 6.30. The summed E-state index contributed by atoms with van der Waals surface area (Å²) >= 11 is 0. The van der Waals surface area contributed by atoms with Gasteiger partial charge in [0.15, 0.2) is 0 Å². The standard InChI is InChI=1S/C9H18N2O3.ClH/c1-4-14-8(13)9(2,3)11-7(12)5-6-10;/h4-6,10H2,1-3H3,(H,11,12);1H. The molecule has 0 aromatic rings. The molecule has 0 aliphatic heterocycles. The van der Waals surface area contributed by atoms with Crippen molar-refractivity contribution in [3.63, 3.8) is 0 Å². The van der Waals surface area contributed by atoms with Crippen LogP contribution < -0.4 is 11.1 Å². The molecule has 0 saturated heterocycles. The number of nitrogens with two attached hydrogens (primary N) is 1. The van der Waals surface area contributed by atoms with Gasteiger partial charge in [-0.1, -0.05) is 0 Å². The van der Waals surface area contributed by atoms with Gasteiger partial charge in [-0.2, -0.15) is 0 Å². The summed E-state index contributed by atoms with van der Waals surface area (Å²) in [6.45, 7) is 5.48. The Morgan fingerprint density at radius 1 is 1.40 bits per heavy atom. The van der Waals surface area contributed by atoms with Crippen LogP contribution in [0.1, 0.15) is 27.2 Å². The van der Waals surface area contributed by atoms with Gasteiger partial charge in [0, 0.05) is 13.0 Å². The van der Waals surface area contributed by atoms with Crippen LogP contribution >= 0.6 is 12.4 Å². The first-order valence-corrected chi connectivity index (χ1v) is 4.62. The highest BCUT2D eigenvalue weighted by Crippen LogP contribution is 2.05. The molecule has 0 atom stereocenters. The van der Waals surface area contributed by atoms with Crippen LogP contribution in [0.15, 0.2) is 0 Å². The Hall–Kier alpha value is -0.810. The maximum absolute atomic E-state index is 11.3. The lowest BCUT2D eigenvalue weighted by atomic mass is 10.1. The molecule has 0 radical (unpaired) electrons. The molecule has 0 heterocycles. The van der Waals surface area contributed by atoms with Crippen LogP contribution in [-0.4, -0.2) is 30.6 Å². The molecule has 0 fully saturated rings. The van der Waals surface area contributed by atoms with Crippen molar-refractivity contribution in [2.75, 3.05) is 13.2 Å². The van der Waals surface area contributed by atoms with Crippen molar-refractivity contribution in [2.24, 2.45) is 5.73 Å². The molecule has 0 spiro atoms. The summed E-state index contributed by atoms with van der Waals surface area (Å²) < 4.78 is 4.80. The minimum absolute atomic E-state index is 0. The van der Waals surface area contributed by atoms with E-state index in [-0.39, 0.29) is 31.3 Å². The van der Waals surface area contributed by atoms with Crippen LogP contribution in [0, 0.1) is 0 Å². The number of amides is 1. The van der Waals surface area contributed by atoms with E-state index >= 15 is 0 Å². The smallest absolute Gasteiger partial charge is 0.331 e. The van der Waals surface area contributed by atoms with Gasteiger partial charge in [0.1, 0.15) is 5.54 Å². The second-order valence-electron chi connectivity index (χ2n) is 3.43. The first-order chi connectivity index (χ1) is 6.44. The lowest BCUT2D eigenvalue weighted by Crippen LogP contribution is -2.50. The number of esters is 1. The van der Waals surface area contributed by atoms with E-state index in [9.17, 15) is 9.59 Å². The third-order valence-corrected chi connectivity index (χ3v) is 1.61. The van der Waals surface area contributed by atoms with E-state index in [1.807, 2.05) is 0 Å². The first-order valence-electron chi connectivity index (χ1n) is 4.62. The quantitative estimate of drug-likeness (QED) is 0.672. The summed E-state index contributed by atoms with van der Waals surface area (Å²) in [5.74, 6) is -0.684. The van der Waals surface area contributed by atoms with Gasteiger partial charge in [0.25, 0.3) is 0 Å². The number of hydrogen-bond acceptors (Lipinski definition) is 4. The van der Waals surface area contributed by atoms with Gasteiger partial charge in [0.05, 0.1) is 6.61 Å². The summed E-state index contributed by atoms with van der Waals surface area (Å²) in [7, 11) is 0. The molecule has 0 aliphatic carbocycles. The minimum atomic E-state index is -0.984. The van der Waals surface area contributed by atoms with Crippen LogP contribution in [0.3, 0.4) is 0 Å². The molecule has 0 aliphatic rings. The molecule has 0 aromatic carbocycles. The van der Waals surface area contributed by atoms with Crippen molar-refractivity contribution < 1.29 is 14.3 Å². The number of nitrogens with one attached hydrogen (secondary N) is 1. The number of rotatable bonds is 5. The summed E-state index contributed by atoms with van der Waals surface area (Å²) in [5.41, 5.74) is 4.22. The lowest BCUT2D eigenvalue weighted by molar-refractivity contribution is -0.151. The Balaban J connectivity index is 0. The molecule has 0 rings (SSSR count). The van der Waals surface area contributed by atoms with Crippen molar-refractivity contribution in [1.82, 2.24) is 5.32 Å². The monoisotopic (exact) mass is 238 g/mol. The molecular weight excluding hydrogens is 220 g/mol. The molecule has 1 amide bonds. The number of hydrogen-bond donors (Lipinski definition) is 2. The molecule has 0 aromatic heterocycles. The predicted octanol–water partition coefficient (Wildman–Crippen LogP) is 0.215. The molecule has 0 saturated carbocycles. The van der Waals surface area contributed by atoms with Crippen molar-refractivity contribution in [3.8, 4) is 0 Å². The van der Waals surface area contributed by atoms with E-state index in [1.165, 1.54) is 0 Å². The van der Waals surface area contributed by atoms with E-state index in [1.54, 1.807) is 20.8 Å². The second kappa shape index (κ2) is 7.48. The first kappa shape index (κ1) is 16.6. The highest BCUT2D eigenvalue weighted by atomic mass is 35.5. The summed E-state index contributed by atoms with van der Waals surface area (Å²) in [6.07, 6.45) is 0.211. The zero-order valence-electron chi connectivity index (χ0n) is 9.33. The van der Waals surface area contributed by atoms with Gasteiger partial charge >= 0.3 is 5.97 Å². The molecule has 15 heavy (non-hydrogen) atoms. The number of ether oxygens (including phenoxy) is 1. The maximum Gasteiger partial charge on any atom is 0.331 e. The lowest BCUT2D eigenvalue weighted by Gasteiger charge is -2.23. The van der Waals surface area contributed by atoms with Crippen LogP contribution in [0.4, 0.5) is 0 Å². The van der Waals surface area contributed by atoms with Gasteiger partial charge in [-0.25, -0.2) is 4.79 Å². The van der Waals surface area contributed by atoms with E-state index in [0.717, 1.165) is 0 Å². The van der Waals surface area contributed by atoms with Crippen LogP contribution in [-0.2, 0) is 14.3 Å². The average Bonchev–Trinajstić information content (AvgIpc) is 2.03. The second-order valence-corrected chi connectivity index (χ2v) is 3.43. The molecule has 90 valence electrons. The molecule has 6 heteroatoms. The highest BCUT2D eigenvalue weighted by Gasteiger charge is 2.30. The summed E-state index contributed by atoms with van der Waals surface area (Å²) in [6, 6.07) is 0. The fourth-order valence-corrected chi connectivity index (χ4v) is 0.905. The Kier molecular flexibility index (Phi) is 8.28. The molecule has 0 bridgehead atoms. The van der Waals surface area contributed by atoms with Crippen LogP contribution in [0.5, 0.6) is 0 Å². The zero-order chi connectivity index (χ0) is 11.2. The summed E-state index contributed by atoms with van der Waals surface area (Å²) in [5, 5.41) is 2.55. The number of carbonyl (C=O) groups is 2. The van der Waals surface area contributed by atoms with E-state index in [2.05, 4.69) is 5.32 Å². The van der Waals surface area contributed by atoms with E-state index < -0.39 is 11.5 Å². The summed E-state index contributed by atoms with van der Waals surface area (Å²) in [4.78, 5) is 22.5. The van der Waals surface area contributed by atoms with Gasteiger partial charge in [-0.05, 0) is 20.8 Å². The van der Waals surface area contributed by atoms with Crippen molar-refractivity contribution in [2.45, 2.75) is 32.7 Å². The molecule has 5 nitrogen and oxygen atoms in total. The van der Waals surface area contributed by atoms with Crippen LogP contribution in [0.2, 0.25) is 0 Å². The van der Waals surface area contributed by atoms with Gasteiger partial charge < -0.3 is 15.8 Å². The van der Waals surface area contributed by atoms with Crippen LogP contribution in [0.25, 0.3) is 0 Å².